The number of ether oxygens (including phenoxy) is 2. The molecule has 1 N–H and O–H groups in total. The molecule has 0 bridgehead atoms. The predicted octanol–water partition coefficient (Wildman–Crippen LogP) is 5.02. The molecule has 13 nitrogen and oxygen atoms in total. The highest BCUT2D eigenvalue weighted by molar-refractivity contribution is 7.92. The molecular weight excluding hydrogens is 736 g/mol. The Balaban J connectivity index is 1.12. The van der Waals surface area contributed by atoms with Gasteiger partial charge in [0.05, 0.1) is 29.7 Å². The van der Waals surface area contributed by atoms with Gasteiger partial charge in [0, 0.05) is 95.0 Å². The fourth-order valence-electron chi connectivity index (χ4n) is 9.69. The van der Waals surface area contributed by atoms with Gasteiger partial charge in [-0.1, -0.05) is 20.4 Å². The number of piperidine rings is 1. The zero-order valence-corrected chi connectivity index (χ0v) is 33.6. The minimum absolute atomic E-state index is 0.0186. The summed E-state index contributed by atoms with van der Waals surface area (Å²) in [5.41, 5.74) is 3.27. The Hall–Kier alpha value is -3.92. The van der Waals surface area contributed by atoms with E-state index in [1.165, 1.54) is 13.2 Å². The van der Waals surface area contributed by atoms with Crippen molar-refractivity contribution in [2.45, 2.75) is 81.5 Å². The fourth-order valence-corrected chi connectivity index (χ4v) is 11.7. The summed E-state index contributed by atoms with van der Waals surface area (Å²) in [7, 11) is -1.69. The van der Waals surface area contributed by atoms with Gasteiger partial charge in [0.25, 0.3) is 0 Å². The van der Waals surface area contributed by atoms with Gasteiger partial charge in [-0.25, -0.2) is 22.8 Å². The molecule has 5 fully saturated rings. The average molecular weight is 791 g/mol. The molecule has 0 aliphatic carbocycles. The number of hydrogen-bond donors (Lipinski definition) is 1. The number of halogens is 1. The number of nitrogens with zero attached hydrogens (tertiary/aromatic N) is 7. The Morgan fingerprint density at radius 1 is 1.02 bits per heavy atom. The van der Waals surface area contributed by atoms with E-state index in [9.17, 15) is 17.6 Å². The molecule has 0 unspecified atom stereocenters. The van der Waals surface area contributed by atoms with Crippen LogP contribution in [0.1, 0.15) is 69.0 Å². The van der Waals surface area contributed by atoms with Crippen LogP contribution >= 0.6 is 0 Å². The highest BCUT2D eigenvalue weighted by Gasteiger charge is 2.46. The quantitative estimate of drug-likeness (QED) is 0.277. The van der Waals surface area contributed by atoms with E-state index in [-0.39, 0.29) is 36.1 Å². The molecule has 1 amide bonds. The van der Waals surface area contributed by atoms with Crippen LogP contribution in [0.2, 0.25) is 0 Å². The zero-order chi connectivity index (χ0) is 39.1. The zero-order valence-electron chi connectivity index (χ0n) is 32.8. The summed E-state index contributed by atoms with van der Waals surface area (Å²) >= 11 is 0. The van der Waals surface area contributed by atoms with Gasteiger partial charge in [-0.3, -0.25) is 9.69 Å². The van der Waals surface area contributed by atoms with Crippen LogP contribution in [-0.4, -0.2) is 135 Å². The van der Waals surface area contributed by atoms with Crippen LogP contribution in [0.3, 0.4) is 0 Å². The first-order valence-corrected chi connectivity index (χ1v) is 22.0. The standard InChI is InChI=1S/C41H55FN8O5S/c1-5-39(51)50-13-6-7-33(50)30-19-34(49-22-27(23-49)36-25-47(15-18-56(36,52)53)28-10-16-55-17-11-28)31-21-44-38(20-29(31)40(30)26(2)3)45-37-8-12-43-41(46-37)48-14-9-35(54-4)32(42)24-48/h5,8,12,19-21,26-28,32-33,35-36H,1,6-7,9-11,13-18,22-25H2,2-4H3,(H,43,44,45,46)/t32-,33+,35+,36-/m0/s1. The molecule has 1 aromatic carbocycles. The van der Waals surface area contributed by atoms with Gasteiger partial charge in [-0.15, -0.1) is 0 Å². The summed E-state index contributed by atoms with van der Waals surface area (Å²) < 4.78 is 52.8. The largest absolute Gasteiger partial charge is 0.381 e. The lowest BCUT2D eigenvalue weighted by Gasteiger charge is -2.49. The minimum atomic E-state index is -3.23. The summed E-state index contributed by atoms with van der Waals surface area (Å²) in [6, 6.07) is 6.34. The molecule has 5 aliphatic rings. The molecule has 8 rings (SSSR count). The maximum Gasteiger partial charge on any atom is 0.246 e. The molecule has 7 heterocycles. The highest BCUT2D eigenvalue weighted by Crippen LogP contribution is 2.45. The number of benzene rings is 1. The number of pyridine rings is 1. The summed E-state index contributed by atoms with van der Waals surface area (Å²) in [6.45, 7) is 13.5. The molecule has 2 aromatic heterocycles. The number of anilines is 4. The van der Waals surface area contributed by atoms with E-state index < -0.39 is 27.4 Å². The Morgan fingerprint density at radius 2 is 1.82 bits per heavy atom. The van der Waals surface area contributed by atoms with E-state index in [1.54, 1.807) is 12.3 Å². The van der Waals surface area contributed by atoms with Crippen LogP contribution in [0, 0.1) is 5.92 Å². The number of aromatic nitrogens is 3. The Labute approximate surface area is 329 Å². The SMILES string of the molecule is C=CC(=O)N1CCC[C@@H]1c1cc(N2CC([C@@H]3CN(C4CCOCC4)CCS3(=O)=O)C2)c2cnc(Nc3ccnc(N4CC[C@@H](OC)[C@@H](F)C4)n3)cc2c1C(C)C. The van der Waals surface area contributed by atoms with E-state index in [0.29, 0.717) is 69.3 Å². The van der Waals surface area contributed by atoms with Gasteiger partial charge in [-0.2, -0.15) is 4.98 Å². The number of carbonyl (C=O) groups excluding carboxylic acids is 1. The monoisotopic (exact) mass is 790 g/mol. The maximum atomic E-state index is 14.8. The van der Waals surface area contributed by atoms with E-state index in [4.69, 9.17) is 19.4 Å². The van der Waals surface area contributed by atoms with Crippen molar-refractivity contribution < 1.29 is 27.1 Å². The third-order valence-corrected chi connectivity index (χ3v) is 14.9. The summed E-state index contributed by atoms with van der Waals surface area (Å²) in [5, 5.41) is 4.99. The van der Waals surface area contributed by atoms with Crippen molar-refractivity contribution in [1.29, 1.82) is 0 Å². The molecule has 4 atom stereocenters. The van der Waals surface area contributed by atoms with E-state index in [1.807, 2.05) is 16.0 Å². The molecule has 3 aromatic rings. The van der Waals surface area contributed by atoms with Gasteiger partial charge in [0.2, 0.25) is 11.9 Å². The van der Waals surface area contributed by atoms with Crippen molar-refractivity contribution in [1.82, 2.24) is 24.8 Å². The second kappa shape index (κ2) is 16.1. The number of sulfone groups is 1. The third kappa shape index (κ3) is 7.59. The second-order valence-electron chi connectivity index (χ2n) is 16.4. The highest BCUT2D eigenvalue weighted by atomic mass is 32.2. The van der Waals surface area contributed by atoms with Crippen molar-refractivity contribution in [2.24, 2.45) is 5.92 Å². The van der Waals surface area contributed by atoms with Crippen molar-refractivity contribution in [3.8, 4) is 0 Å². The first-order valence-electron chi connectivity index (χ1n) is 20.2. The summed E-state index contributed by atoms with van der Waals surface area (Å²) in [4.78, 5) is 35.7. The van der Waals surface area contributed by atoms with Crippen LogP contribution in [0.25, 0.3) is 10.8 Å². The number of rotatable bonds is 10. The van der Waals surface area contributed by atoms with Crippen LogP contribution < -0.4 is 15.1 Å². The molecule has 56 heavy (non-hydrogen) atoms. The van der Waals surface area contributed by atoms with E-state index in [0.717, 1.165) is 66.5 Å². The number of fused-ring (bicyclic) bond motifs is 1. The average Bonchev–Trinajstić information content (AvgIpc) is 3.68. The number of likely N-dealkylation sites (tertiary alicyclic amines) is 1. The normalized spacial score (nSPS) is 26.5. The van der Waals surface area contributed by atoms with E-state index >= 15 is 0 Å². The molecule has 5 aliphatic heterocycles. The first-order chi connectivity index (χ1) is 27.0. The third-order valence-electron chi connectivity index (χ3n) is 12.7. The lowest BCUT2D eigenvalue weighted by atomic mass is 9.85. The Kier molecular flexibility index (Phi) is 11.2. The van der Waals surface area contributed by atoms with Gasteiger partial charge in [0.15, 0.2) is 9.84 Å². The number of hydrogen-bond acceptors (Lipinski definition) is 12. The van der Waals surface area contributed by atoms with Crippen molar-refractivity contribution in [3.63, 3.8) is 0 Å². The Morgan fingerprint density at radius 3 is 2.55 bits per heavy atom. The topological polar surface area (TPSA) is 133 Å². The molecule has 5 saturated heterocycles. The van der Waals surface area contributed by atoms with Crippen molar-refractivity contribution in [2.75, 3.05) is 87.0 Å². The number of alkyl halides is 1. The molecule has 0 radical (unpaired) electrons. The molecule has 0 saturated carbocycles. The lowest BCUT2D eigenvalue weighted by molar-refractivity contribution is -0.126. The first kappa shape index (κ1) is 38.9. The second-order valence-corrected chi connectivity index (χ2v) is 18.7. The number of nitrogens with one attached hydrogen (secondary N) is 1. The van der Waals surface area contributed by atoms with Crippen molar-refractivity contribution >= 4 is 49.8 Å². The van der Waals surface area contributed by atoms with Crippen LogP contribution in [-0.2, 0) is 24.1 Å². The molecule has 302 valence electrons. The smallest absolute Gasteiger partial charge is 0.246 e. The van der Waals surface area contributed by atoms with Gasteiger partial charge < -0.3 is 29.5 Å². The molecule has 0 spiro atoms. The van der Waals surface area contributed by atoms with Crippen LogP contribution in [0.5, 0.6) is 0 Å². The minimum Gasteiger partial charge on any atom is -0.381 e. The van der Waals surface area contributed by atoms with Crippen molar-refractivity contribution in [3.05, 3.63) is 54.4 Å². The lowest BCUT2D eigenvalue weighted by Crippen LogP contribution is -2.61. The number of amides is 1. The number of methoxy groups -OCH3 is 1. The van der Waals surface area contributed by atoms with Gasteiger partial charge in [-0.05, 0) is 78.8 Å². The van der Waals surface area contributed by atoms with E-state index in [2.05, 4.69) is 52.7 Å². The van der Waals surface area contributed by atoms with Crippen LogP contribution in [0.15, 0.2) is 43.2 Å². The fraction of sp³-hybridized carbons (Fsp3) is 0.610. The molecular formula is C41H55FN8O5S. The van der Waals surface area contributed by atoms with Gasteiger partial charge in [0.1, 0.15) is 17.8 Å². The number of carbonyl (C=O) groups is 1. The summed E-state index contributed by atoms with van der Waals surface area (Å²) in [5.74, 6) is 1.85. The predicted molar refractivity (Wildman–Crippen MR) is 216 cm³/mol. The summed E-state index contributed by atoms with van der Waals surface area (Å²) in [6.07, 6.45) is 7.58. The maximum absolute atomic E-state index is 14.8. The molecule has 15 heteroatoms. The van der Waals surface area contributed by atoms with Crippen LogP contribution in [0.4, 0.5) is 27.7 Å². The van der Waals surface area contributed by atoms with Gasteiger partial charge >= 0.3 is 0 Å². The Bertz CT molecular complexity index is 2040.